The number of rotatable bonds is 10. The van der Waals surface area contributed by atoms with Crippen molar-refractivity contribution in [3.8, 4) is 22.5 Å². The summed E-state index contributed by atoms with van der Waals surface area (Å²) in [5.74, 6) is 0.733. The molecule has 4 heterocycles. The lowest BCUT2D eigenvalue weighted by Gasteiger charge is -2.18. The summed E-state index contributed by atoms with van der Waals surface area (Å²) in [6.45, 7) is 4.01. The Labute approximate surface area is 263 Å². The van der Waals surface area contributed by atoms with Crippen molar-refractivity contribution in [1.29, 1.82) is 0 Å². The first-order valence-corrected chi connectivity index (χ1v) is 15.2. The molecular weight excluding hydrogens is 562 g/mol. The Kier molecular flexibility index (Phi) is 8.79. The van der Waals surface area contributed by atoms with Gasteiger partial charge in [-0.2, -0.15) is 5.10 Å². The molecule has 0 saturated carbocycles. The van der Waals surface area contributed by atoms with Gasteiger partial charge in [-0.25, -0.2) is 14.5 Å². The zero-order chi connectivity index (χ0) is 31.3. The van der Waals surface area contributed by atoms with Gasteiger partial charge >= 0.3 is 0 Å². The molecule has 1 aliphatic rings. The number of nitrogens with zero attached hydrogens (tertiary/aromatic N) is 6. The minimum Gasteiger partial charge on any atom is -0.349 e. The summed E-state index contributed by atoms with van der Waals surface area (Å²) in [7, 11) is 3.92. The van der Waals surface area contributed by atoms with Crippen LogP contribution < -0.4 is 5.32 Å². The third-order valence-electron chi connectivity index (χ3n) is 8.07. The molecule has 0 radical (unpaired) electrons. The number of pyridine rings is 1. The Hall–Kier alpha value is -5.15. The molecule has 45 heavy (non-hydrogen) atoms. The number of benzene rings is 2. The largest absolute Gasteiger partial charge is 0.349 e. The van der Waals surface area contributed by atoms with E-state index in [2.05, 4.69) is 29.4 Å². The minimum atomic E-state index is -0.0246. The number of nitrogens with one attached hydrogen (secondary N) is 1. The van der Waals surface area contributed by atoms with E-state index in [1.54, 1.807) is 12.3 Å². The van der Waals surface area contributed by atoms with Gasteiger partial charge in [-0.05, 0) is 62.0 Å². The van der Waals surface area contributed by atoms with Crippen LogP contribution in [-0.2, 0) is 11.2 Å². The van der Waals surface area contributed by atoms with Crippen LogP contribution in [0.3, 0.4) is 0 Å². The Bertz CT molecular complexity index is 1830. The van der Waals surface area contributed by atoms with Crippen LogP contribution in [-0.4, -0.2) is 80.8 Å². The molecule has 2 aromatic carbocycles. The third-order valence-corrected chi connectivity index (χ3v) is 8.07. The van der Waals surface area contributed by atoms with E-state index in [0.717, 1.165) is 40.1 Å². The summed E-state index contributed by atoms with van der Waals surface area (Å²) in [5, 5.41) is 8.37. The van der Waals surface area contributed by atoms with E-state index in [0.29, 0.717) is 31.0 Å². The lowest BCUT2D eigenvalue weighted by molar-refractivity contribution is -0.114. The normalized spacial score (nSPS) is 16.6. The lowest BCUT2D eigenvalue weighted by atomic mass is 10.0. The van der Waals surface area contributed by atoms with E-state index in [-0.39, 0.29) is 23.7 Å². The number of ketones is 1. The third kappa shape index (κ3) is 6.84. The van der Waals surface area contributed by atoms with Crippen molar-refractivity contribution >= 4 is 23.2 Å². The maximum absolute atomic E-state index is 13.4. The smallest absolute Gasteiger partial charge is 0.253 e. The lowest BCUT2D eigenvalue weighted by Crippen LogP contribution is -2.32. The van der Waals surface area contributed by atoms with Gasteiger partial charge in [0.15, 0.2) is 5.78 Å². The molecule has 5 aromatic rings. The number of likely N-dealkylation sites (N-methyl/N-ethyl adjacent to an activating group) is 1. The summed E-state index contributed by atoms with van der Waals surface area (Å²) < 4.78 is 1.88. The summed E-state index contributed by atoms with van der Waals surface area (Å²) >= 11 is 0. The van der Waals surface area contributed by atoms with Gasteiger partial charge < -0.3 is 15.1 Å². The maximum atomic E-state index is 13.4. The Balaban J connectivity index is 1.14. The average molecular weight is 600 g/mol. The fourth-order valence-corrected chi connectivity index (χ4v) is 5.71. The van der Waals surface area contributed by atoms with Gasteiger partial charge in [-0.15, -0.1) is 0 Å². The highest BCUT2D eigenvalue weighted by molar-refractivity contribution is 5.95. The number of hydrogen-bond acceptors (Lipinski definition) is 7. The fourth-order valence-electron chi connectivity index (χ4n) is 5.71. The fraction of sp³-hybridized carbons (Fsp3) is 0.250. The predicted molar refractivity (Wildman–Crippen MR) is 177 cm³/mol. The van der Waals surface area contributed by atoms with Gasteiger partial charge in [0.1, 0.15) is 5.69 Å². The topological polar surface area (TPSA) is 95.7 Å². The van der Waals surface area contributed by atoms with E-state index >= 15 is 0 Å². The number of anilines is 1. The van der Waals surface area contributed by atoms with E-state index < -0.39 is 0 Å². The van der Waals surface area contributed by atoms with Crippen LogP contribution >= 0.6 is 0 Å². The van der Waals surface area contributed by atoms with Crippen LogP contribution in [0.4, 0.5) is 5.95 Å². The summed E-state index contributed by atoms with van der Waals surface area (Å²) in [5.41, 5.74) is 6.05. The van der Waals surface area contributed by atoms with Gasteiger partial charge in [0, 0.05) is 49.6 Å². The summed E-state index contributed by atoms with van der Waals surface area (Å²) in [4.78, 5) is 39.0. The highest BCUT2D eigenvalue weighted by Gasteiger charge is 2.33. The Morgan fingerprint density at radius 2 is 1.76 bits per heavy atom. The van der Waals surface area contributed by atoms with Gasteiger partial charge in [0.05, 0.1) is 22.8 Å². The number of carbonyl (C=O) groups excluding carboxylic acids is 2. The standard InChI is InChI=1S/C36H37N7O2/c1-25-23-42(35(45)28-16-14-26(15-17-28)22-29(44)12-9-20-41(2)3)24-31(25)39-36-37-19-18-30(38-36)33-32-13-7-8-21-43(32)40-34(33)27-10-5-4-6-11-27/h4-19,21,25,31H,20,22-24H2,1-3H3,(H,37,38,39)/b12-9+/t25-,31-/m1/s1. The quantitative estimate of drug-likeness (QED) is 0.219. The van der Waals surface area contributed by atoms with Gasteiger partial charge in [-0.3, -0.25) is 9.59 Å². The number of likely N-dealkylation sites (tertiary alicyclic amines) is 1. The molecule has 228 valence electrons. The van der Waals surface area contributed by atoms with Crippen LogP contribution in [0.25, 0.3) is 28.0 Å². The Morgan fingerprint density at radius 1 is 0.978 bits per heavy atom. The van der Waals surface area contributed by atoms with Gasteiger partial charge in [-0.1, -0.05) is 61.5 Å². The molecule has 0 bridgehead atoms. The first-order valence-electron chi connectivity index (χ1n) is 15.2. The molecule has 1 aliphatic heterocycles. The number of hydrogen-bond donors (Lipinski definition) is 1. The number of carbonyl (C=O) groups is 2. The van der Waals surface area contributed by atoms with Crippen molar-refractivity contribution in [2.75, 3.05) is 39.0 Å². The molecule has 1 N–H and O–H groups in total. The van der Waals surface area contributed by atoms with Crippen molar-refractivity contribution in [3.05, 3.63) is 115 Å². The first-order chi connectivity index (χ1) is 21.9. The van der Waals surface area contributed by atoms with Crippen molar-refractivity contribution in [1.82, 2.24) is 29.4 Å². The molecular formula is C36H37N7O2. The number of fused-ring (bicyclic) bond motifs is 1. The molecule has 0 aliphatic carbocycles. The van der Waals surface area contributed by atoms with Crippen molar-refractivity contribution in [2.24, 2.45) is 5.92 Å². The monoisotopic (exact) mass is 599 g/mol. The van der Waals surface area contributed by atoms with Crippen LogP contribution in [0.2, 0.25) is 0 Å². The molecule has 0 unspecified atom stereocenters. The zero-order valence-corrected chi connectivity index (χ0v) is 25.8. The van der Waals surface area contributed by atoms with E-state index in [1.165, 1.54) is 0 Å². The maximum Gasteiger partial charge on any atom is 0.253 e. The summed E-state index contributed by atoms with van der Waals surface area (Å²) in [6, 6.07) is 25.4. The van der Waals surface area contributed by atoms with E-state index in [9.17, 15) is 9.59 Å². The molecule has 9 nitrogen and oxygen atoms in total. The molecule has 3 aromatic heterocycles. The second kappa shape index (κ2) is 13.2. The van der Waals surface area contributed by atoms with Crippen molar-refractivity contribution in [3.63, 3.8) is 0 Å². The van der Waals surface area contributed by atoms with Crippen molar-refractivity contribution in [2.45, 2.75) is 19.4 Å². The molecule has 0 spiro atoms. The van der Waals surface area contributed by atoms with Gasteiger partial charge in [0.2, 0.25) is 5.95 Å². The summed E-state index contributed by atoms with van der Waals surface area (Å²) in [6.07, 6.45) is 7.50. The number of amides is 1. The SMILES string of the molecule is C[C@@H]1CN(C(=O)c2ccc(CC(=O)/C=C/CN(C)C)cc2)C[C@H]1Nc1nccc(-c2c(-c3ccccc3)nn3ccccc23)n1. The molecule has 2 atom stereocenters. The van der Waals surface area contributed by atoms with Crippen molar-refractivity contribution < 1.29 is 9.59 Å². The highest BCUT2D eigenvalue weighted by Crippen LogP contribution is 2.34. The predicted octanol–water partition coefficient (Wildman–Crippen LogP) is 5.26. The second-order valence-corrected chi connectivity index (χ2v) is 11.8. The van der Waals surface area contributed by atoms with Gasteiger partial charge in [0.25, 0.3) is 5.91 Å². The highest BCUT2D eigenvalue weighted by atomic mass is 16.2. The van der Waals surface area contributed by atoms with Crippen LogP contribution in [0.5, 0.6) is 0 Å². The van der Waals surface area contributed by atoms with Crippen LogP contribution in [0.1, 0.15) is 22.8 Å². The molecule has 1 amide bonds. The first kappa shape index (κ1) is 29.9. The molecule has 1 fully saturated rings. The van der Waals surface area contributed by atoms with E-state index in [1.807, 2.05) is 107 Å². The average Bonchev–Trinajstić information content (AvgIpc) is 3.62. The zero-order valence-electron chi connectivity index (χ0n) is 25.8. The molecule has 6 rings (SSSR count). The number of allylic oxidation sites excluding steroid dienone is 1. The second-order valence-electron chi connectivity index (χ2n) is 11.8. The van der Waals surface area contributed by atoms with Crippen LogP contribution in [0, 0.1) is 5.92 Å². The number of aromatic nitrogens is 4. The Morgan fingerprint density at radius 3 is 2.53 bits per heavy atom. The molecule has 9 heteroatoms. The van der Waals surface area contributed by atoms with E-state index in [4.69, 9.17) is 10.1 Å². The molecule has 1 saturated heterocycles. The minimum absolute atomic E-state index is 0.00690. The van der Waals surface area contributed by atoms with Crippen LogP contribution in [0.15, 0.2) is 103 Å².